The van der Waals surface area contributed by atoms with Gasteiger partial charge >= 0.3 is 0 Å². The number of aromatic nitrogens is 1. The van der Waals surface area contributed by atoms with E-state index in [1.165, 1.54) is 35.2 Å². The summed E-state index contributed by atoms with van der Waals surface area (Å²) in [6.07, 6.45) is 3.79. The van der Waals surface area contributed by atoms with Crippen LogP contribution in [0.5, 0.6) is 0 Å². The Labute approximate surface area is 186 Å². The van der Waals surface area contributed by atoms with Gasteiger partial charge in [-0.05, 0) is 36.6 Å². The topological polar surface area (TPSA) is 107 Å². The molecule has 160 valence electrons. The monoisotopic (exact) mass is 456 g/mol. The molecule has 31 heavy (non-hydrogen) atoms. The molecule has 1 aliphatic rings. The number of rotatable bonds is 8. The number of thioether (sulfide) groups is 1. The van der Waals surface area contributed by atoms with E-state index in [1.807, 2.05) is 18.2 Å². The second-order valence-electron chi connectivity index (χ2n) is 6.97. The molecule has 0 saturated carbocycles. The zero-order chi connectivity index (χ0) is 21.6. The number of benzene rings is 2. The van der Waals surface area contributed by atoms with Crippen molar-refractivity contribution in [3.63, 3.8) is 0 Å². The van der Waals surface area contributed by atoms with Gasteiger partial charge < -0.3 is 10.1 Å². The number of hydrogen-bond donors (Lipinski definition) is 1. The Kier molecular flexibility index (Phi) is 6.90. The molecule has 1 aliphatic heterocycles. The minimum absolute atomic E-state index is 0.0259. The van der Waals surface area contributed by atoms with E-state index in [0.29, 0.717) is 17.9 Å². The van der Waals surface area contributed by atoms with Crippen molar-refractivity contribution in [2.24, 2.45) is 4.99 Å². The molecule has 1 atom stereocenters. The standard InChI is InChI=1S/C21H20N4O4S2/c26-20(23-12-17-5-2-8-29-17)13-30-21-24-18-7-6-15(10-19(18)31-21)22-11-14-3-1-4-16(9-14)25(27)28/h1,3-4,6-7,9-11,17H,2,5,8,12-13H2,(H,23,26). The van der Waals surface area contributed by atoms with Crippen LogP contribution in [-0.2, 0) is 9.53 Å². The lowest BCUT2D eigenvalue weighted by Gasteiger charge is -2.09. The molecule has 2 aromatic carbocycles. The molecule has 10 heteroatoms. The fraction of sp³-hybridized carbons (Fsp3) is 0.286. The second-order valence-corrected chi connectivity index (χ2v) is 9.22. The quantitative estimate of drug-likeness (QED) is 0.234. The molecule has 1 fully saturated rings. The van der Waals surface area contributed by atoms with Crippen LogP contribution in [0.3, 0.4) is 0 Å². The van der Waals surface area contributed by atoms with Crippen molar-refractivity contribution >= 4 is 56.8 Å². The number of fused-ring (bicyclic) bond motifs is 1. The normalized spacial score (nSPS) is 16.2. The molecule has 0 radical (unpaired) electrons. The van der Waals surface area contributed by atoms with Crippen LogP contribution in [0.4, 0.5) is 11.4 Å². The number of hydrogen-bond acceptors (Lipinski definition) is 8. The smallest absolute Gasteiger partial charge is 0.270 e. The largest absolute Gasteiger partial charge is 0.376 e. The Hall–Kier alpha value is -2.82. The van der Waals surface area contributed by atoms with Crippen molar-refractivity contribution < 1.29 is 14.5 Å². The second kappa shape index (κ2) is 9.99. The van der Waals surface area contributed by atoms with Crippen LogP contribution in [0.15, 0.2) is 51.8 Å². The van der Waals surface area contributed by atoms with Gasteiger partial charge in [0.25, 0.3) is 5.69 Å². The van der Waals surface area contributed by atoms with Crippen LogP contribution < -0.4 is 5.32 Å². The number of amides is 1. The Morgan fingerprint density at radius 1 is 1.39 bits per heavy atom. The fourth-order valence-corrected chi connectivity index (χ4v) is 5.04. The first-order valence-electron chi connectivity index (χ1n) is 9.77. The average Bonchev–Trinajstić information content (AvgIpc) is 3.44. The van der Waals surface area contributed by atoms with Crippen molar-refractivity contribution in [3.05, 3.63) is 58.1 Å². The summed E-state index contributed by atoms with van der Waals surface area (Å²) in [5.41, 5.74) is 2.27. The molecule has 3 aromatic rings. The molecule has 1 saturated heterocycles. The summed E-state index contributed by atoms with van der Waals surface area (Å²) in [6, 6.07) is 12.0. The van der Waals surface area contributed by atoms with E-state index in [-0.39, 0.29) is 17.7 Å². The van der Waals surface area contributed by atoms with Gasteiger partial charge in [0.05, 0.1) is 32.7 Å². The lowest BCUT2D eigenvalue weighted by Crippen LogP contribution is -2.32. The van der Waals surface area contributed by atoms with E-state index in [0.717, 1.165) is 39.7 Å². The number of nitro groups is 1. The number of ether oxygens (including phenoxy) is 1. The van der Waals surface area contributed by atoms with Gasteiger partial charge in [-0.1, -0.05) is 23.9 Å². The van der Waals surface area contributed by atoms with E-state index in [1.54, 1.807) is 18.3 Å². The van der Waals surface area contributed by atoms with Gasteiger partial charge in [0, 0.05) is 31.5 Å². The third-order valence-corrected chi connectivity index (χ3v) is 6.83. The molecule has 8 nitrogen and oxygen atoms in total. The molecular formula is C21H20N4O4S2. The molecule has 1 unspecified atom stereocenters. The van der Waals surface area contributed by atoms with Crippen LogP contribution in [0.2, 0.25) is 0 Å². The zero-order valence-electron chi connectivity index (χ0n) is 16.5. The van der Waals surface area contributed by atoms with Gasteiger partial charge in [-0.15, -0.1) is 11.3 Å². The zero-order valence-corrected chi connectivity index (χ0v) is 18.2. The summed E-state index contributed by atoms with van der Waals surface area (Å²) in [7, 11) is 0. The Balaban J connectivity index is 1.36. The molecular weight excluding hydrogens is 436 g/mol. The summed E-state index contributed by atoms with van der Waals surface area (Å²) in [4.78, 5) is 31.5. The van der Waals surface area contributed by atoms with Crippen LogP contribution in [0.25, 0.3) is 10.2 Å². The van der Waals surface area contributed by atoms with E-state index in [9.17, 15) is 14.9 Å². The molecule has 2 heterocycles. The highest BCUT2D eigenvalue weighted by Crippen LogP contribution is 2.32. The van der Waals surface area contributed by atoms with Gasteiger partial charge in [-0.25, -0.2) is 4.98 Å². The van der Waals surface area contributed by atoms with E-state index >= 15 is 0 Å². The van der Waals surface area contributed by atoms with E-state index in [4.69, 9.17) is 4.74 Å². The third-order valence-electron chi connectivity index (χ3n) is 4.67. The van der Waals surface area contributed by atoms with Gasteiger partial charge in [0.15, 0.2) is 4.34 Å². The molecule has 0 spiro atoms. The highest BCUT2D eigenvalue weighted by atomic mass is 32.2. The molecule has 0 aliphatic carbocycles. The fourth-order valence-electron chi connectivity index (χ4n) is 3.11. The minimum atomic E-state index is -0.428. The number of carbonyl (C=O) groups is 1. The molecule has 0 bridgehead atoms. The Bertz CT molecular complexity index is 1130. The number of aliphatic imine (C=N–C) groups is 1. The molecule has 4 rings (SSSR count). The summed E-state index contributed by atoms with van der Waals surface area (Å²) < 4.78 is 7.30. The number of nitrogens with zero attached hydrogens (tertiary/aromatic N) is 3. The number of thiazole rings is 1. The number of non-ortho nitro benzene ring substituents is 1. The number of nitrogens with one attached hydrogen (secondary N) is 1. The van der Waals surface area contributed by atoms with Gasteiger partial charge in [-0.3, -0.25) is 19.9 Å². The maximum absolute atomic E-state index is 12.1. The van der Waals surface area contributed by atoms with Crippen molar-refractivity contribution in [1.29, 1.82) is 0 Å². The van der Waals surface area contributed by atoms with Crippen molar-refractivity contribution in [3.8, 4) is 0 Å². The van der Waals surface area contributed by atoms with Crippen LogP contribution in [0.1, 0.15) is 18.4 Å². The van der Waals surface area contributed by atoms with E-state index < -0.39 is 4.92 Å². The summed E-state index contributed by atoms with van der Waals surface area (Å²) in [5, 5.41) is 13.8. The maximum atomic E-state index is 12.1. The van der Waals surface area contributed by atoms with Gasteiger partial charge in [0.2, 0.25) is 5.91 Å². The lowest BCUT2D eigenvalue weighted by molar-refractivity contribution is -0.384. The summed E-state index contributed by atoms with van der Waals surface area (Å²) in [6.45, 7) is 1.34. The Morgan fingerprint density at radius 2 is 2.29 bits per heavy atom. The highest BCUT2D eigenvalue weighted by molar-refractivity contribution is 8.01. The lowest BCUT2D eigenvalue weighted by atomic mass is 10.2. The van der Waals surface area contributed by atoms with Gasteiger partial charge in [0.1, 0.15) is 0 Å². The highest BCUT2D eigenvalue weighted by Gasteiger charge is 2.16. The van der Waals surface area contributed by atoms with Crippen molar-refractivity contribution in [1.82, 2.24) is 10.3 Å². The Morgan fingerprint density at radius 3 is 3.10 bits per heavy atom. The van der Waals surface area contributed by atoms with Crippen molar-refractivity contribution in [2.45, 2.75) is 23.3 Å². The molecule has 1 N–H and O–H groups in total. The summed E-state index contributed by atoms with van der Waals surface area (Å²) in [5.74, 6) is 0.284. The first-order valence-corrected chi connectivity index (χ1v) is 11.6. The first-order chi connectivity index (χ1) is 15.1. The maximum Gasteiger partial charge on any atom is 0.270 e. The molecule has 1 amide bonds. The van der Waals surface area contributed by atoms with Crippen molar-refractivity contribution in [2.75, 3.05) is 18.9 Å². The minimum Gasteiger partial charge on any atom is -0.376 e. The van der Waals surface area contributed by atoms with Crippen LogP contribution in [0, 0.1) is 10.1 Å². The predicted molar refractivity (Wildman–Crippen MR) is 123 cm³/mol. The van der Waals surface area contributed by atoms with Crippen LogP contribution in [-0.4, -0.2) is 47.0 Å². The SMILES string of the molecule is O=C(CSc1nc2ccc(N=Cc3cccc([N+](=O)[O-])c3)cc2s1)NCC1CCCO1. The third kappa shape index (κ3) is 5.87. The predicted octanol–water partition coefficient (Wildman–Crippen LogP) is 4.34. The van der Waals surface area contributed by atoms with E-state index in [2.05, 4.69) is 15.3 Å². The van der Waals surface area contributed by atoms with Gasteiger partial charge in [-0.2, -0.15) is 0 Å². The first kappa shape index (κ1) is 21.4. The molecule has 1 aromatic heterocycles. The number of nitro benzene ring substituents is 1. The van der Waals surface area contributed by atoms with Crippen LogP contribution >= 0.6 is 23.1 Å². The summed E-state index contributed by atoms with van der Waals surface area (Å²) >= 11 is 2.92. The average molecular weight is 457 g/mol. The number of carbonyl (C=O) groups excluding carboxylic acids is 1.